The smallest absolute Gasteiger partial charge is 0.416 e. The van der Waals surface area contributed by atoms with Crippen LogP contribution in [0.25, 0.3) is 0 Å². The molecule has 0 atom stereocenters. The van der Waals surface area contributed by atoms with Crippen molar-refractivity contribution < 1.29 is 27.5 Å². The molecule has 1 aliphatic rings. The van der Waals surface area contributed by atoms with Gasteiger partial charge in [-0.05, 0) is 54.6 Å². The van der Waals surface area contributed by atoms with Gasteiger partial charge in [0.2, 0.25) is 0 Å². The second kappa shape index (κ2) is 7.67. The van der Waals surface area contributed by atoms with Crippen molar-refractivity contribution in [3.63, 3.8) is 0 Å². The average molecular weight is 427 g/mol. The van der Waals surface area contributed by atoms with Gasteiger partial charge in [0.15, 0.2) is 5.75 Å². The monoisotopic (exact) mass is 427 g/mol. The van der Waals surface area contributed by atoms with E-state index in [4.69, 9.17) is 4.74 Å². The molecule has 3 aromatic carbocycles. The molecule has 0 saturated heterocycles. The maximum absolute atomic E-state index is 12.9. The standard InChI is InChI=1S/C22H16F3N3O3/c1-28-17-4-2-3-5-19(17)31-18-11-10-15(12-16(18)20(28)29)27-21(30)26-14-8-6-13(7-9-14)22(23,24)25/h2-12H,1H3,(H2,26,27,30). The Morgan fingerprint density at radius 2 is 1.55 bits per heavy atom. The van der Waals surface area contributed by atoms with Gasteiger partial charge in [-0.15, -0.1) is 0 Å². The van der Waals surface area contributed by atoms with E-state index in [1.807, 2.05) is 0 Å². The molecule has 2 N–H and O–H groups in total. The van der Waals surface area contributed by atoms with Crippen LogP contribution >= 0.6 is 0 Å². The molecule has 1 heterocycles. The molecular weight excluding hydrogens is 411 g/mol. The molecule has 1 aliphatic heterocycles. The molecule has 0 spiro atoms. The van der Waals surface area contributed by atoms with Crippen LogP contribution in [-0.2, 0) is 6.18 Å². The highest BCUT2D eigenvalue weighted by atomic mass is 19.4. The first kappa shape index (κ1) is 20.3. The minimum Gasteiger partial charge on any atom is -0.454 e. The van der Waals surface area contributed by atoms with Crippen molar-refractivity contribution in [1.82, 2.24) is 0 Å². The lowest BCUT2D eigenvalue weighted by Gasteiger charge is -2.16. The summed E-state index contributed by atoms with van der Waals surface area (Å²) in [5.41, 5.74) is 0.562. The van der Waals surface area contributed by atoms with Gasteiger partial charge < -0.3 is 20.3 Å². The molecule has 4 rings (SSSR count). The van der Waals surface area contributed by atoms with Gasteiger partial charge in [-0.25, -0.2) is 4.79 Å². The molecule has 0 aromatic heterocycles. The van der Waals surface area contributed by atoms with Gasteiger partial charge in [-0.3, -0.25) is 4.79 Å². The van der Waals surface area contributed by atoms with E-state index in [-0.39, 0.29) is 17.2 Å². The fourth-order valence-electron chi connectivity index (χ4n) is 3.13. The summed E-state index contributed by atoms with van der Waals surface area (Å²) in [6.45, 7) is 0. The summed E-state index contributed by atoms with van der Waals surface area (Å²) in [5.74, 6) is 0.556. The minimum absolute atomic E-state index is 0.190. The normalized spacial score (nSPS) is 12.9. The second-order valence-corrected chi connectivity index (χ2v) is 6.80. The number of benzene rings is 3. The lowest BCUT2D eigenvalue weighted by Crippen LogP contribution is -2.25. The van der Waals surface area contributed by atoms with E-state index in [2.05, 4.69) is 10.6 Å². The maximum atomic E-state index is 12.9. The zero-order chi connectivity index (χ0) is 22.2. The van der Waals surface area contributed by atoms with Crippen molar-refractivity contribution in [2.45, 2.75) is 6.18 Å². The number of anilines is 3. The molecule has 0 fully saturated rings. The number of halogens is 3. The van der Waals surface area contributed by atoms with E-state index in [9.17, 15) is 22.8 Å². The van der Waals surface area contributed by atoms with Crippen LogP contribution < -0.4 is 20.3 Å². The van der Waals surface area contributed by atoms with Crippen molar-refractivity contribution in [2.24, 2.45) is 0 Å². The van der Waals surface area contributed by atoms with Crippen LogP contribution in [-0.4, -0.2) is 19.0 Å². The topological polar surface area (TPSA) is 70.7 Å². The molecule has 0 saturated carbocycles. The molecule has 158 valence electrons. The van der Waals surface area contributed by atoms with Crippen molar-refractivity contribution in [3.05, 3.63) is 77.9 Å². The first-order chi connectivity index (χ1) is 14.7. The zero-order valence-electron chi connectivity index (χ0n) is 16.2. The van der Waals surface area contributed by atoms with Gasteiger partial charge in [0.05, 0.1) is 16.8 Å². The Labute approximate surface area is 175 Å². The van der Waals surface area contributed by atoms with Crippen LogP contribution in [0, 0.1) is 0 Å². The Balaban J connectivity index is 1.51. The molecular formula is C22H16F3N3O3. The zero-order valence-corrected chi connectivity index (χ0v) is 16.2. The molecule has 3 aromatic rings. The van der Waals surface area contributed by atoms with E-state index in [1.165, 1.54) is 11.0 Å². The predicted octanol–water partition coefficient (Wildman–Crippen LogP) is 5.73. The molecule has 0 bridgehead atoms. The summed E-state index contributed by atoms with van der Waals surface area (Å²) in [5, 5.41) is 5.02. The van der Waals surface area contributed by atoms with Crippen molar-refractivity contribution >= 4 is 29.0 Å². The third kappa shape index (κ3) is 4.16. The molecule has 0 aliphatic carbocycles. The lowest BCUT2D eigenvalue weighted by atomic mass is 10.1. The number of hydrogen-bond donors (Lipinski definition) is 2. The first-order valence-corrected chi connectivity index (χ1v) is 9.16. The minimum atomic E-state index is -4.45. The number of ether oxygens (including phenoxy) is 1. The van der Waals surface area contributed by atoms with Gasteiger partial charge in [0.25, 0.3) is 5.91 Å². The number of fused-ring (bicyclic) bond motifs is 2. The van der Waals surface area contributed by atoms with Crippen LogP contribution in [0.2, 0.25) is 0 Å². The number of amides is 3. The van der Waals surface area contributed by atoms with Gasteiger partial charge in [-0.2, -0.15) is 13.2 Å². The van der Waals surface area contributed by atoms with Gasteiger partial charge in [-0.1, -0.05) is 12.1 Å². The van der Waals surface area contributed by atoms with E-state index in [1.54, 1.807) is 43.4 Å². The Kier molecular flexibility index (Phi) is 5.02. The summed E-state index contributed by atoms with van der Waals surface area (Å²) >= 11 is 0. The number of hydrogen-bond acceptors (Lipinski definition) is 3. The number of urea groups is 1. The van der Waals surface area contributed by atoms with E-state index in [0.29, 0.717) is 22.9 Å². The van der Waals surface area contributed by atoms with E-state index >= 15 is 0 Å². The Morgan fingerprint density at radius 1 is 0.903 bits per heavy atom. The number of alkyl halides is 3. The van der Waals surface area contributed by atoms with Crippen LogP contribution in [0.3, 0.4) is 0 Å². The molecule has 9 heteroatoms. The summed E-state index contributed by atoms with van der Waals surface area (Å²) in [6.07, 6.45) is -4.45. The number of carbonyl (C=O) groups is 2. The Hall–Kier alpha value is -4.01. The maximum Gasteiger partial charge on any atom is 0.416 e. The SMILES string of the molecule is CN1C(=O)c2cc(NC(=O)Nc3ccc(C(F)(F)F)cc3)ccc2Oc2ccccc21. The van der Waals surface area contributed by atoms with Gasteiger partial charge in [0.1, 0.15) is 5.75 Å². The Morgan fingerprint density at radius 3 is 2.26 bits per heavy atom. The van der Waals surface area contributed by atoms with E-state index < -0.39 is 17.8 Å². The highest BCUT2D eigenvalue weighted by Crippen LogP contribution is 2.38. The quantitative estimate of drug-likeness (QED) is 0.549. The van der Waals surface area contributed by atoms with Crippen LogP contribution in [0.1, 0.15) is 15.9 Å². The van der Waals surface area contributed by atoms with Crippen LogP contribution in [0.5, 0.6) is 11.5 Å². The first-order valence-electron chi connectivity index (χ1n) is 9.16. The molecule has 6 nitrogen and oxygen atoms in total. The summed E-state index contributed by atoms with van der Waals surface area (Å²) in [6, 6.07) is 15.1. The summed E-state index contributed by atoms with van der Waals surface area (Å²) in [4.78, 5) is 26.6. The lowest BCUT2D eigenvalue weighted by molar-refractivity contribution is -0.137. The van der Waals surface area contributed by atoms with Crippen molar-refractivity contribution in [1.29, 1.82) is 0 Å². The fourth-order valence-corrected chi connectivity index (χ4v) is 3.13. The number of rotatable bonds is 2. The highest BCUT2D eigenvalue weighted by molar-refractivity contribution is 6.10. The Bertz CT molecular complexity index is 1160. The van der Waals surface area contributed by atoms with Gasteiger partial charge >= 0.3 is 12.2 Å². The molecule has 0 unspecified atom stereocenters. The number of nitrogens with one attached hydrogen (secondary N) is 2. The molecule has 31 heavy (non-hydrogen) atoms. The molecule has 3 amide bonds. The predicted molar refractivity (Wildman–Crippen MR) is 110 cm³/mol. The van der Waals surface area contributed by atoms with Crippen molar-refractivity contribution in [2.75, 3.05) is 22.6 Å². The summed E-state index contributed by atoms with van der Waals surface area (Å²) in [7, 11) is 1.62. The third-order valence-corrected chi connectivity index (χ3v) is 4.69. The van der Waals surface area contributed by atoms with E-state index in [0.717, 1.165) is 24.3 Å². The average Bonchev–Trinajstić information content (AvgIpc) is 2.83. The van der Waals surface area contributed by atoms with Crippen LogP contribution in [0.15, 0.2) is 66.7 Å². The fraction of sp³-hybridized carbons (Fsp3) is 0.0909. The number of nitrogens with zero attached hydrogens (tertiary/aromatic N) is 1. The second-order valence-electron chi connectivity index (χ2n) is 6.80. The van der Waals surface area contributed by atoms with Gasteiger partial charge in [0, 0.05) is 18.4 Å². The summed E-state index contributed by atoms with van der Waals surface area (Å²) < 4.78 is 43.8. The molecule has 0 radical (unpaired) electrons. The number of para-hydroxylation sites is 2. The number of carbonyl (C=O) groups excluding carboxylic acids is 2. The third-order valence-electron chi connectivity index (χ3n) is 4.69. The van der Waals surface area contributed by atoms with Crippen LogP contribution in [0.4, 0.5) is 35.0 Å². The highest BCUT2D eigenvalue weighted by Gasteiger charge is 2.30. The largest absolute Gasteiger partial charge is 0.454 e. The van der Waals surface area contributed by atoms with Crippen molar-refractivity contribution in [3.8, 4) is 11.5 Å².